The Morgan fingerprint density at radius 1 is 1.47 bits per heavy atom. The lowest BCUT2D eigenvalue weighted by atomic mass is 10.3. The molecular weight excluding hydrogens is 234 g/mol. The molecule has 1 N–H and O–H groups in total. The van der Waals surface area contributed by atoms with Gasteiger partial charge in [0.05, 0.1) is 6.42 Å². The molecule has 82 valence electrons. The molecule has 5 heteroatoms. The van der Waals surface area contributed by atoms with Crippen LogP contribution >= 0.6 is 22.9 Å². The lowest BCUT2D eigenvalue weighted by molar-refractivity contribution is -0.120. The molecule has 0 bridgehead atoms. The number of carbonyl (C=O) groups is 2. The van der Waals surface area contributed by atoms with E-state index >= 15 is 0 Å². The minimum atomic E-state index is -0.359. The molecule has 0 spiro atoms. The van der Waals surface area contributed by atoms with Crippen LogP contribution in [-0.2, 0) is 16.0 Å². The van der Waals surface area contributed by atoms with Crippen molar-refractivity contribution in [3.8, 4) is 0 Å². The van der Waals surface area contributed by atoms with Crippen LogP contribution in [-0.4, -0.2) is 17.7 Å². The minimum Gasteiger partial charge on any atom is -0.356 e. The zero-order valence-electron chi connectivity index (χ0n) is 8.16. The van der Waals surface area contributed by atoms with Crippen LogP contribution in [0.5, 0.6) is 0 Å². The van der Waals surface area contributed by atoms with Gasteiger partial charge in [0.2, 0.25) is 11.1 Å². The Hall–Kier alpha value is -0.870. The van der Waals surface area contributed by atoms with Gasteiger partial charge in [0.1, 0.15) is 0 Å². The standard InChI is InChI=1S/C10H12ClNO2S/c11-9(13)4-1-5-12-10(14)7-8-3-2-6-15-8/h2-3,6H,1,4-5,7H2,(H,12,14). The molecule has 1 heterocycles. The lowest BCUT2D eigenvalue weighted by Crippen LogP contribution is -2.25. The van der Waals surface area contributed by atoms with Gasteiger partial charge in [-0.05, 0) is 29.5 Å². The van der Waals surface area contributed by atoms with Crippen molar-refractivity contribution in [2.24, 2.45) is 0 Å². The van der Waals surface area contributed by atoms with E-state index in [1.165, 1.54) is 0 Å². The molecular formula is C10H12ClNO2S. The highest BCUT2D eigenvalue weighted by molar-refractivity contribution is 7.10. The molecule has 0 aliphatic rings. The van der Waals surface area contributed by atoms with Crippen molar-refractivity contribution in [3.63, 3.8) is 0 Å². The molecule has 0 aliphatic carbocycles. The fourth-order valence-electron chi connectivity index (χ4n) is 1.09. The molecule has 0 radical (unpaired) electrons. The molecule has 0 saturated carbocycles. The molecule has 3 nitrogen and oxygen atoms in total. The number of nitrogens with one attached hydrogen (secondary N) is 1. The molecule has 0 saturated heterocycles. The van der Waals surface area contributed by atoms with Crippen LogP contribution in [0.2, 0.25) is 0 Å². The van der Waals surface area contributed by atoms with Gasteiger partial charge in [-0.3, -0.25) is 9.59 Å². The second-order valence-electron chi connectivity index (χ2n) is 3.06. The first-order valence-electron chi connectivity index (χ1n) is 4.66. The summed E-state index contributed by atoms with van der Waals surface area (Å²) in [5.74, 6) is -0.0144. The fraction of sp³-hybridized carbons (Fsp3) is 0.400. The van der Waals surface area contributed by atoms with Gasteiger partial charge in [-0.1, -0.05) is 6.07 Å². The summed E-state index contributed by atoms with van der Waals surface area (Å²) < 4.78 is 0. The third-order valence-corrected chi connectivity index (χ3v) is 2.85. The maximum absolute atomic E-state index is 11.3. The summed E-state index contributed by atoms with van der Waals surface area (Å²) in [6.07, 6.45) is 1.31. The van der Waals surface area contributed by atoms with Crippen LogP contribution in [0.1, 0.15) is 17.7 Å². The smallest absolute Gasteiger partial charge is 0.225 e. The number of hydrogen-bond donors (Lipinski definition) is 1. The quantitative estimate of drug-likeness (QED) is 0.615. The highest BCUT2D eigenvalue weighted by Crippen LogP contribution is 2.08. The van der Waals surface area contributed by atoms with Crippen molar-refractivity contribution >= 4 is 34.1 Å². The highest BCUT2D eigenvalue weighted by Gasteiger charge is 2.03. The molecule has 1 aromatic heterocycles. The molecule has 1 rings (SSSR count). The van der Waals surface area contributed by atoms with Gasteiger partial charge in [-0.25, -0.2) is 0 Å². The molecule has 0 fully saturated rings. The second kappa shape index (κ2) is 6.58. The summed E-state index contributed by atoms with van der Waals surface area (Å²) in [5.41, 5.74) is 0. The molecule has 0 atom stereocenters. The first-order valence-corrected chi connectivity index (χ1v) is 5.91. The number of thiophene rings is 1. The zero-order valence-corrected chi connectivity index (χ0v) is 9.74. The van der Waals surface area contributed by atoms with Gasteiger partial charge < -0.3 is 5.32 Å². The molecule has 15 heavy (non-hydrogen) atoms. The largest absolute Gasteiger partial charge is 0.356 e. The van der Waals surface area contributed by atoms with Crippen molar-refractivity contribution in [2.75, 3.05) is 6.54 Å². The van der Waals surface area contributed by atoms with Crippen molar-refractivity contribution in [3.05, 3.63) is 22.4 Å². The van der Waals surface area contributed by atoms with E-state index in [9.17, 15) is 9.59 Å². The van der Waals surface area contributed by atoms with E-state index in [4.69, 9.17) is 11.6 Å². The molecule has 0 aliphatic heterocycles. The summed E-state index contributed by atoms with van der Waals surface area (Å²) in [6.45, 7) is 0.503. The Labute approximate surface area is 97.4 Å². The van der Waals surface area contributed by atoms with Crippen LogP contribution in [0.15, 0.2) is 17.5 Å². The molecule has 0 aromatic carbocycles. The average molecular weight is 246 g/mol. The molecule has 0 unspecified atom stereocenters. The van der Waals surface area contributed by atoms with Crippen molar-refractivity contribution in [2.45, 2.75) is 19.3 Å². The fourth-order valence-corrected chi connectivity index (χ4v) is 1.93. The second-order valence-corrected chi connectivity index (χ2v) is 4.52. The minimum absolute atomic E-state index is 0.0144. The Morgan fingerprint density at radius 2 is 2.27 bits per heavy atom. The Balaban J connectivity index is 2.11. The van der Waals surface area contributed by atoms with Crippen molar-refractivity contribution < 1.29 is 9.59 Å². The van der Waals surface area contributed by atoms with Crippen LogP contribution in [0.4, 0.5) is 0 Å². The van der Waals surface area contributed by atoms with Gasteiger partial charge in [0, 0.05) is 17.8 Å². The number of hydrogen-bond acceptors (Lipinski definition) is 3. The first kappa shape index (κ1) is 12.2. The zero-order chi connectivity index (χ0) is 11.1. The van der Waals surface area contributed by atoms with Crippen molar-refractivity contribution in [1.29, 1.82) is 0 Å². The summed E-state index contributed by atoms with van der Waals surface area (Å²) in [6, 6.07) is 3.84. The third-order valence-electron chi connectivity index (χ3n) is 1.79. The van der Waals surface area contributed by atoms with E-state index in [1.807, 2.05) is 17.5 Å². The summed E-state index contributed by atoms with van der Waals surface area (Å²) in [4.78, 5) is 22.8. The van der Waals surface area contributed by atoms with Gasteiger partial charge in [0.15, 0.2) is 0 Å². The van der Waals surface area contributed by atoms with E-state index in [0.29, 0.717) is 25.8 Å². The SMILES string of the molecule is O=C(Cl)CCCNC(=O)Cc1cccs1. The van der Waals surface area contributed by atoms with Crippen LogP contribution in [0, 0.1) is 0 Å². The summed E-state index contributed by atoms with van der Waals surface area (Å²) in [7, 11) is 0. The van der Waals surface area contributed by atoms with E-state index in [2.05, 4.69) is 5.32 Å². The third kappa shape index (κ3) is 5.54. The molecule has 1 aromatic rings. The Bertz CT molecular complexity index is 324. The predicted molar refractivity (Wildman–Crippen MR) is 61.1 cm³/mol. The van der Waals surface area contributed by atoms with Crippen LogP contribution < -0.4 is 5.32 Å². The van der Waals surface area contributed by atoms with Gasteiger partial charge in [0.25, 0.3) is 0 Å². The number of rotatable bonds is 6. The highest BCUT2D eigenvalue weighted by atomic mass is 35.5. The van der Waals surface area contributed by atoms with Crippen LogP contribution in [0.25, 0.3) is 0 Å². The van der Waals surface area contributed by atoms with E-state index in [0.717, 1.165) is 4.88 Å². The first-order chi connectivity index (χ1) is 7.18. The van der Waals surface area contributed by atoms with E-state index in [1.54, 1.807) is 11.3 Å². The molecule has 1 amide bonds. The predicted octanol–water partition coefficient (Wildman–Crippen LogP) is 1.95. The van der Waals surface area contributed by atoms with E-state index < -0.39 is 0 Å². The Kier molecular flexibility index (Phi) is 5.36. The van der Waals surface area contributed by atoms with Gasteiger partial charge in [-0.2, -0.15) is 0 Å². The number of amides is 1. The average Bonchev–Trinajstić information content (AvgIpc) is 2.64. The Morgan fingerprint density at radius 3 is 2.87 bits per heavy atom. The number of carbonyl (C=O) groups excluding carboxylic acids is 2. The van der Waals surface area contributed by atoms with Crippen molar-refractivity contribution in [1.82, 2.24) is 5.32 Å². The maximum Gasteiger partial charge on any atom is 0.225 e. The van der Waals surface area contributed by atoms with Gasteiger partial charge in [-0.15, -0.1) is 11.3 Å². The summed E-state index contributed by atoms with van der Waals surface area (Å²) >= 11 is 6.72. The number of halogens is 1. The summed E-state index contributed by atoms with van der Waals surface area (Å²) in [5, 5.41) is 4.31. The normalized spacial score (nSPS) is 9.93. The van der Waals surface area contributed by atoms with Crippen LogP contribution in [0.3, 0.4) is 0 Å². The lowest BCUT2D eigenvalue weighted by Gasteiger charge is -2.02. The van der Waals surface area contributed by atoms with Gasteiger partial charge >= 0.3 is 0 Å². The van der Waals surface area contributed by atoms with E-state index in [-0.39, 0.29) is 11.1 Å². The maximum atomic E-state index is 11.3. The topological polar surface area (TPSA) is 46.2 Å². The monoisotopic (exact) mass is 245 g/mol.